The van der Waals surface area contributed by atoms with E-state index in [0.717, 1.165) is 13.2 Å². The molecule has 0 unspecified atom stereocenters. The van der Waals surface area contributed by atoms with Gasteiger partial charge in [0.15, 0.2) is 0 Å². The molecular formula is C8H13F3O4. The van der Waals surface area contributed by atoms with Gasteiger partial charge < -0.3 is 9.47 Å². The molecule has 15 heavy (non-hydrogen) atoms. The van der Waals surface area contributed by atoms with Crippen LogP contribution in [0.3, 0.4) is 0 Å². The van der Waals surface area contributed by atoms with E-state index in [-0.39, 0.29) is 0 Å². The Kier molecular flexibility index (Phi) is 8.94. The molecule has 7 heteroatoms. The number of halogens is 3. The smallest absolute Gasteiger partial charge is 0.387 e. The molecule has 0 bridgehead atoms. The van der Waals surface area contributed by atoms with Gasteiger partial charge in [-0.2, -0.15) is 13.2 Å². The molecule has 0 aromatic carbocycles. The van der Waals surface area contributed by atoms with Crippen LogP contribution in [0.2, 0.25) is 0 Å². The number of alkyl halides is 3. The molecule has 0 aliphatic heterocycles. The van der Waals surface area contributed by atoms with Crippen LogP contribution in [0.5, 0.6) is 0 Å². The maximum Gasteiger partial charge on any atom is 0.491 e. The quantitative estimate of drug-likeness (QED) is 0.535. The van der Waals surface area contributed by atoms with Gasteiger partial charge in [0.1, 0.15) is 0 Å². The second-order valence-electron chi connectivity index (χ2n) is 2.16. The minimum Gasteiger partial charge on any atom is -0.387 e. The highest BCUT2D eigenvalue weighted by Gasteiger charge is 2.41. The van der Waals surface area contributed by atoms with E-state index in [2.05, 4.69) is 4.74 Å². The van der Waals surface area contributed by atoms with Crippen LogP contribution < -0.4 is 0 Å². The molecule has 0 atom stereocenters. The highest BCUT2D eigenvalue weighted by Crippen LogP contribution is 2.16. The highest BCUT2D eigenvalue weighted by atomic mass is 19.4. The SMILES string of the molecule is CC(=O)OC(=O)C(F)(F)F.CCOCC. The van der Waals surface area contributed by atoms with Crippen molar-refractivity contribution in [3.63, 3.8) is 0 Å². The van der Waals surface area contributed by atoms with Gasteiger partial charge in [-0.05, 0) is 13.8 Å². The molecule has 0 spiro atoms. The maximum absolute atomic E-state index is 11.2. The van der Waals surface area contributed by atoms with E-state index in [0.29, 0.717) is 6.92 Å². The van der Waals surface area contributed by atoms with E-state index in [4.69, 9.17) is 4.74 Å². The predicted octanol–water partition coefficient (Wildman–Crippen LogP) is 1.68. The van der Waals surface area contributed by atoms with Crippen molar-refractivity contribution in [1.29, 1.82) is 0 Å². The summed E-state index contributed by atoms with van der Waals surface area (Å²) in [5.74, 6) is -3.76. The summed E-state index contributed by atoms with van der Waals surface area (Å²) in [5, 5.41) is 0. The largest absolute Gasteiger partial charge is 0.491 e. The Bertz CT molecular complexity index is 199. The van der Waals surface area contributed by atoms with Gasteiger partial charge in [0.05, 0.1) is 0 Å². The lowest BCUT2D eigenvalue weighted by molar-refractivity contribution is -0.201. The summed E-state index contributed by atoms with van der Waals surface area (Å²) < 4.78 is 41.6. The fourth-order valence-corrected chi connectivity index (χ4v) is 0.393. The van der Waals surface area contributed by atoms with Crippen LogP contribution in [-0.2, 0) is 19.1 Å². The van der Waals surface area contributed by atoms with E-state index in [1.807, 2.05) is 13.8 Å². The Labute approximate surface area is 85.3 Å². The van der Waals surface area contributed by atoms with E-state index in [1.54, 1.807) is 0 Å². The average Bonchev–Trinajstić information content (AvgIpc) is 2.03. The molecule has 0 amide bonds. The summed E-state index contributed by atoms with van der Waals surface area (Å²) in [6.45, 7) is 6.38. The molecule has 90 valence electrons. The summed E-state index contributed by atoms with van der Waals surface area (Å²) in [7, 11) is 0. The highest BCUT2D eigenvalue weighted by molar-refractivity contribution is 5.87. The van der Waals surface area contributed by atoms with Crippen molar-refractivity contribution in [2.24, 2.45) is 0 Å². The van der Waals surface area contributed by atoms with Gasteiger partial charge in [0.2, 0.25) is 0 Å². The summed E-state index contributed by atoms with van der Waals surface area (Å²) in [6, 6.07) is 0. The predicted molar refractivity (Wildman–Crippen MR) is 45.0 cm³/mol. The van der Waals surface area contributed by atoms with Crippen LogP contribution >= 0.6 is 0 Å². The first-order valence-corrected chi connectivity index (χ1v) is 4.13. The van der Waals surface area contributed by atoms with Gasteiger partial charge in [-0.15, -0.1) is 0 Å². The molecule has 0 aromatic rings. The summed E-state index contributed by atoms with van der Waals surface area (Å²) in [5.41, 5.74) is 0. The van der Waals surface area contributed by atoms with Gasteiger partial charge in [-0.3, -0.25) is 4.79 Å². The van der Waals surface area contributed by atoms with Crippen LogP contribution in [0.25, 0.3) is 0 Å². The lowest BCUT2D eigenvalue weighted by Crippen LogP contribution is -2.26. The van der Waals surface area contributed by atoms with Crippen molar-refractivity contribution in [2.75, 3.05) is 13.2 Å². The van der Waals surface area contributed by atoms with Gasteiger partial charge >= 0.3 is 18.1 Å². The lowest BCUT2D eigenvalue weighted by atomic mass is 10.6. The zero-order valence-electron chi connectivity index (χ0n) is 8.68. The van der Waals surface area contributed by atoms with Crippen molar-refractivity contribution >= 4 is 11.9 Å². The van der Waals surface area contributed by atoms with Crippen molar-refractivity contribution in [3.05, 3.63) is 0 Å². The van der Waals surface area contributed by atoms with E-state index < -0.39 is 18.1 Å². The standard InChI is InChI=1S/C4H3F3O3.C4H10O/c1-2(8)10-3(9)4(5,6)7;1-3-5-4-2/h1H3;3-4H2,1-2H3. The number of hydrogen-bond acceptors (Lipinski definition) is 4. The molecule has 0 radical (unpaired) electrons. The van der Waals surface area contributed by atoms with Crippen molar-refractivity contribution in [2.45, 2.75) is 26.9 Å². The molecule has 0 heterocycles. The Morgan fingerprint density at radius 2 is 1.53 bits per heavy atom. The Hall–Kier alpha value is -1.11. The third kappa shape index (κ3) is 12.9. The minimum atomic E-state index is -5.09. The molecule has 0 aliphatic rings. The van der Waals surface area contributed by atoms with Crippen LogP contribution in [0.15, 0.2) is 0 Å². The maximum atomic E-state index is 11.2. The normalized spacial score (nSPS) is 10.0. The number of esters is 2. The molecule has 4 nitrogen and oxygen atoms in total. The zero-order chi connectivity index (χ0) is 12.5. The molecule has 0 aromatic heterocycles. The first-order valence-electron chi connectivity index (χ1n) is 4.13. The van der Waals surface area contributed by atoms with Crippen molar-refractivity contribution in [3.8, 4) is 0 Å². The summed E-state index contributed by atoms with van der Waals surface area (Å²) >= 11 is 0. The van der Waals surface area contributed by atoms with Crippen LogP contribution in [0.4, 0.5) is 13.2 Å². The zero-order valence-corrected chi connectivity index (χ0v) is 8.68. The van der Waals surface area contributed by atoms with Gasteiger partial charge in [0, 0.05) is 20.1 Å². The molecular weight excluding hydrogens is 217 g/mol. The molecule has 0 saturated carbocycles. The van der Waals surface area contributed by atoms with E-state index in [9.17, 15) is 22.8 Å². The van der Waals surface area contributed by atoms with Crippen LogP contribution in [0, 0.1) is 0 Å². The van der Waals surface area contributed by atoms with Crippen LogP contribution in [-0.4, -0.2) is 31.3 Å². The average molecular weight is 230 g/mol. The summed E-state index contributed by atoms with van der Waals surface area (Å²) in [4.78, 5) is 19.5. The topological polar surface area (TPSA) is 52.6 Å². The summed E-state index contributed by atoms with van der Waals surface area (Å²) in [6.07, 6.45) is -5.09. The number of rotatable bonds is 2. The Morgan fingerprint density at radius 3 is 1.60 bits per heavy atom. The first kappa shape index (κ1) is 16.3. The second kappa shape index (κ2) is 8.22. The third-order valence-corrected chi connectivity index (χ3v) is 0.876. The third-order valence-electron chi connectivity index (χ3n) is 0.876. The number of hydrogen-bond donors (Lipinski definition) is 0. The monoisotopic (exact) mass is 230 g/mol. The fraction of sp³-hybridized carbons (Fsp3) is 0.750. The molecule has 0 fully saturated rings. The second-order valence-corrected chi connectivity index (χ2v) is 2.16. The molecule has 0 saturated heterocycles. The molecule has 0 N–H and O–H groups in total. The fourth-order valence-electron chi connectivity index (χ4n) is 0.393. The number of ether oxygens (including phenoxy) is 2. The Morgan fingerprint density at radius 1 is 1.13 bits per heavy atom. The first-order chi connectivity index (χ1) is 6.75. The lowest BCUT2D eigenvalue weighted by Gasteiger charge is -2.01. The van der Waals surface area contributed by atoms with Gasteiger partial charge in [-0.25, -0.2) is 4.79 Å². The molecule has 0 rings (SSSR count). The van der Waals surface area contributed by atoms with E-state index >= 15 is 0 Å². The van der Waals surface area contributed by atoms with Crippen molar-refractivity contribution in [1.82, 2.24) is 0 Å². The molecule has 0 aliphatic carbocycles. The van der Waals surface area contributed by atoms with Gasteiger partial charge in [-0.1, -0.05) is 0 Å². The number of carbonyl (C=O) groups excluding carboxylic acids is 2. The van der Waals surface area contributed by atoms with Crippen molar-refractivity contribution < 1.29 is 32.2 Å². The van der Waals surface area contributed by atoms with Gasteiger partial charge in [0.25, 0.3) is 0 Å². The number of carbonyl (C=O) groups is 2. The minimum absolute atomic E-state index is 0.712. The van der Waals surface area contributed by atoms with Crippen LogP contribution in [0.1, 0.15) is 20.8 Å². The Balaban J connectivity index is 0. The van der Waals surface area contributed by atoms with E-state index in [1.165, 1.54) is 0 Å².